The lowest BCUT2D eigenvalue weighted by Crippen LogP contribution is -2.23. The first-order valence-corrected chi connectivity index (χ1v) is 5.71. The van der Waals surface area contributed by atoms with Gasteiger partial charge < -0.3 is 15.2 Å². The SMILES string of the molecule is CN(C)C(=O)CCn1c(N)nc2c(F)cc(F)cc21. The molecule has 1 aromatic carbocycles. The topological polar surface area (TPSA) is 64.2 Å². The van der Waals surface area contributed by atoms with Gasteiger partial charge in [0.2, 0.25) is 11.9 Å². The Labute approximate surface area is 108 Å². The zero-order chi connectivity index (χ0) is 14.2. The van der Waals surface area contributed by atoms with Gasteiger partial charge in [-0.3, -0.25) is 4.79 Å². The highest BCUT2D eigenvalue weighted by Crippen LogP contribution is 2.22. The molecule has 0 fully saturated rings. The van der Waals surface area contributed by atoms with Gasteiger partial charge in [0.1, 0.15) is 11.3 Å². The number of rotatable bonds is 3. The van der Waals surface area contributed by atoms with Gasteiger partial charge in [0.15, 0.2) is 5.82 Å². The van der Waals surface area contributed by atoms with Gasteiger partial charge in [0, 0.05) is 39.2 Å². The Morgan fingerprint density at radius 1 is 1.42 bits per heavy atom. The van der Waals surface area contributed by atoms with Gasteiger partial charge in [-0.05, 0) is 0 Å². The molecule has 0 aliphatic carbocycles. The van der Waals surface area contributed by atoms with E-state index in [4.69, 9.17) is 5.73 Å². The number of hydrogen-bond acceptors (Lipinski definition) is 3. The van der Waals surface area contributed by atoms with Crippen LogP contribution in [0.4, 0.5) is 14.7 Å². The molecule has 0 saturated heterocycles. The van der Waals surface area contributed by atoms with Crippen molar-refractivity contribution in [2.45, 2.75) is 13.0 Å². The average Bonchev–Trinajstić information content (AvgIpc) is 2.63. The second kappa shape index (κ2) is 4.83. The normalized spacial score (nSPS) is 10.9. The van der Waals surface area contributed by atoms with Crippen LogP contribution in [0.1, 0.15) is 6.42 Å². The van der Waals surface area contributed by atoms with Crippen molar-refractivity contribution in [1.29, 1.82) is 0 Å². The first-order valence-electron chi connectivity index (χ1n) is 5.71. The fraction of sp³-hybridized carbons (Fsp3) is 0.333. The largest absolute Gasteiger partial charge is 0.369 e. The molecule has 0 unspecified atom stereocenters. The molecule has 0 bridgehead atoms. The Morgan fingerprint density at radius 3 is 2.74 bits per heavy atom. The number of anilines is 1. The lowest BCUT2D eigenvalue weighted by Gasteiger charge is -2.11. The zero-order valence-corrected chi connectivity index (χ0v) is 10.7. The second-order valence-electron chi connectivity index (χ2n) is 4.42. The quantitative estimate of drug-likeness (QED) is 0.914. The van der Waals surface area contributed by atoms with E-state index in [1.165, 1.54) is 9.47 Å². The number of nitrogens with two attached hydrogens (primary N) is 1. The van der Waals surface area contributed by atoms with Crippen LogP contribution in [0.3, 0.4) is 0 Å². The van der Waals surface area contributed by atoms with Crippen LogP contribution in [-0.4, -0.2) is 34.5 Å². The fourth-order valence-corrected chi connectivity index (χ4v) is 1.83. The van der Waals surface area contributed by atoms with Crippen molar-refractivity contribution in [2.75, 3.05) is 19.8 Å². The van der Waals surface area contributed by atoms with E-state index in [9.17, 15) is 13.6 Å². The van der Waals surface area contributed by atoms with Crippen molar-refractivity contribution < 1.29 is 13.6 Å². The van der Waals surface area contributed by atoms with Crippen molar-refractivity contribution in [1.82, 2.24) is 14.5 Å². The molecule has 2 aromatic rings. The fourth-order valence-electron chi connectivity index (χ4n) is 1.83. The van der Waals surface area contributed by atoms with E-state index >= 15 is 0 Å². The predicted molar refractivity (Wildman–Crippen MR) is 67.4 cm³/mol. The molecule has 0 saturated carbocycles. The number of imidazole rings is 1. The lowest BCUT2D eigenvalue weighted by atomic mass is 10.3. The standard InChI is InChI=1S/C12H14F2N4O/c1-17(2)10(19)3-4-18-9-6-7(13)5-8(14)11(9)16-12(18)15/h5-6H,3-4H2,1-2H3,(H2,15,16). The summed E-state index contributed by atoms with van der Waals surface area (Å²) in [5.74, 6) is -1.51. The molecule has 0 aliphatic rings. The molecule has 0 aliphatic heterocycles. The highest BCUT2D eigenvalue weighted by atomic mass is 19.1. The minimum Gasteiger partial charge on any atom is -0.369 e. The monoisotopic (exact) mass is 268 g/mol. The Bertz CT molecular complexity index is 636. The molecule has 19 heavy (non-hydrogen) atoms. The maximum atomic E-state index is 13.5. The summed E-state index contributed by atoms with van der Waals surface area (Å²) in [5.41, 5.74) is 5.93. The van der Waals surface area contributed by atoms with Gasteiger partial charge in [-0.15, -0.1) is 0 Å². The van der Waals surface area contributed by atoms with Gasteiger partial charge in [0.05, 0.1) is 5.52 Å². The number of benzene rings is 1. The minimum absolute atomic E-state index is 0.0104. The van der Waals surface area contributed by atoms with E-state index in [1.54, 1.807) is 14.1 Å². The number of amides is 1. The van der Waals surface area contributed by atoms with Crippen molar-refractivity contribution in [3.8, 4) is 0 Å². The number of aromatic nitrogens is 2. The molecular weight excluding hydrogens is 254 g/mol. The molecule has 0 spiro atoms. The number of aryl methyl sites for hydroxylation is 1. The van der Waals surface area contributed by atoms with Gasteiger partial charge in [0.25, 0.3) is 0 Å². The summed E-state index contributed by atoms with van der Waals surface area (Å²) in [7, 11) is 3.27. The number of hydrogen-bond donors (Lipinski definition) is 1. The number of fused-ring (bicyclic) bond motifs is 1. The number of carbonyl (C=O) groups excluding carboxylic acids is 1. The summed E-state index contributed by atoms with van der Waals surface area (Å²) in [4.78, 5) is 16.8. The Morgan fingerprint density at radius 2 is 2.11 bits per heavy atom. The summed E-state index contributed by atoms with van der Waals surface area (Å²) in [5, 5.41) is 0. The smallest absolute Gasteiger partial charge is 0.223 e. The van der Waals surface area contributed by atoms with Crippen LogP contribution >= 0.6 is 0 Å². The van der Waals surface area contributed by atoms with E-state index in [0.29, 0.717) is 0 Å². The molecule has 2 rings (SSSR count). The molecule has 2 N–H and O–H groups in total. The number of nitrogen functional groups attached to an aromatic ring is 1. The molecule has 0 atom stereocenters. The number of nitrogens with zero attached hydrogens (tertiary/aromatic N) is 3. The predicted octanol–water partition coefficient (Wildman–Crippen LogP) is 1.37. The molecule has 0 radical (unpaired) electrons. The molecule has 5 nitrogen and oxygen atoms in total. The van der Waals surface area contributed by atoms with Crippen LogP contribution in [-0.2, 0) is 11.3 Å². The summed E-state index contributed by atoms with van der Waals surface area (Å²) < 4.78 is 28.2. The molecule has 1 heterocycles. The van der Waals surface area contributed by atoms with Crippen molar-refractivity contribution in [3.05, 3.63) is 23.8 Å². The third kappa shape index (κ3) is 2.49. The Hall–Kier alpha value is -2.18. The first kappa shape index (κ1) is 13.3. The summed E-state index contributed by atoms with van der Waals surface area (Å²) in [6.45, 7) is 0.224. The Balaban J connectivity index is 2.38. The highest BCUT2D eigenvalue weighted by molar-refractivity contribution is 5.80. The maximum absolute atomic E-state index is 13.5. The van der Waals surface area contributed by atoms with Crippen molar-refractivity contribution >= 4 is 22.9 Å². The molecule has 1 amide bonds. The Kier molecular flexibility index (Phi) is 3.37. The molecule has 7 heteroatoms. The van der Waals surface area contributed by atoms with E-state index in [1.807, 2.05) is 0 Å². The number of carbonyl (C=O) groups is 1. The average molecular weight is 268 g/mol. The van der Waals surface area contributed by atoms with Crippen molar-refractivity contribution in [3.63, 3.8) is 0 Å². The van der Waals surface area contributed by atoms with Crippen LogP contribution in [0.25, 0.3) is 11.0 Å². The second-order valence-corrected chi connectivity index (χ2v) is 4.42. The summed E-state index contributed by atoms with van der Waals surface area (Å²) in [6, 6.07) is 1.91. The van der Waals surface area contributed by atoms with Crippen LogP contribution in [0.15, 0.2) is 12.1 Å². The molecule has 102 valence electrons. The van der Waals surface area contributed by atoms with Crippen LogP contribution < -0.4 is 5.73 Å². The third-order valence-electron chi connectivity index (χ3n) is 2.85. The van der Waals surface area contributed by atoms with E-state index in [0.717, 1.165) is 12.1 Å². The minimum atomic E-state index is -0.764. The lowest BCUT2D eigenvalue weighted by molar-refractivity contribution is -0.128. The third-order valence-corrected chi connectivity index (χ3v) is 2.85. The maximum Gasteiger partial charge on any atom is 0.223 e. The van der Waals surface area contributed by atoms with E-state index < -0.39 is 11.6 Å². The van der Waals surface area contributed by atoms with Crippen LogP contribution in [0.2, 0.25) is 0 Å². The summed E-state index contributed by atoms with van der Waals surface area (Å²) in [6.07, 6.45) is 0.181. The zero-order valence-electron chi connectivity index (χ0n) is 10.7. The van der Waals surface area contributed by atoms with Crippen LogP contribution in [0, 0.1) is 11.6 Å². The van der Waals surface area contributed by atoms with Gasteiger partial charge in [-0.2, -0.15) is 0 Å². The van der Waals surface area contributed by atoms with E-state index in [-0.39, 0.29) is 35.9 Å². The number of halogens is 2. The molecular formula is C12H14F2N4O. The van der Waals surface area contributed by atoms with Crippen molar-refractivity contribution in [2.24, 2.45) is 0 Å². The van der Waals surface area contributed by atoms with Crippen LogP contribution in [0.5, 0.6) is 0 Å². The summed E-state index contributed by atoms with van der Waals surface area (Å²) >= 11 is 0. The van der Waals surface area contributed by atoms with Gasteiger partial charge in [-0.1, -0.05) is 0 Å². The van der Waals surface area contributed by atoms with Gasteiger partial charge in [-0.25, -0.2) is 13.8 Å². The highest BCUT2D eigenvalue weighted by Gasteiger charge is 2.15. The van der Waals surface area contributed by atoms with E-state index in [2.05, 4.69) is 4.98 Å². The van der Waals surface area contributed by atoms with Gasteiger partial charge >= 0.3 is 0 Å². The first-order chi connectivity index (χ1) is 8.90. The molecule has 1 aromatic heterocycles.